The van der Waals surface area contributed by atoms with Crippen molar-refractivity contribution in [2.75, 3.05) is 6.61 Å². The lowest BCUT2D eigenvalue weighted by Gasteiger charge is -2.10. The van der Waals surface area contributed by atoms with E-state index in [9.17, 15) is 14.4 Å². The number of aliphatic carboxylic acids is 2. The molecule has 0 aromatic heterocycles. The largest absolute Gasteiger partial charge is 0.481 e. The van der Waals surface area contributed by atoms with Crippen LogP contribution in [0.5, 0.6) is 0 Å². The van der Waals surface area contributed by atoms with Crippen molar-refractivity contribution in [3.05, 3.63) is 12.2 Å². The van der Waals surface area contributed by atoms with Crippen LogP contribution in [0.1, 0.15) is 13.3 Å². The molecular weight excluding hydrogens is 204 g/mol. The number of carboxylic acids is 2. The van der Waals surface area contributed by atoms with Crippen LogP contribution in [-0.2, 0) is 19.1 Å². The molecule has 0 aromatic carbocycles. The highest BCUT2D eigenvalue weighted by molar-refractivity contribution is 5.95. The van der Waals surface area contributed by atoms with Gasteiger partial charge in [0.2, 0.25) is 0 Å². The highest BCUT2D eigenvalue weighted by Gasteiger charge is 2.22. The Morgan fingerprint density at radius 3 is 2.20 bits per heavy atom. The van der Waals surface area contributed by atoms with Gasteiger partial charge in [-0.3, -0.25) is 9.59 Å². The molecule has 0 saturated heterocycles. The van der Waals surface area contributed by atoms with E-state index in [2.05, 4.69) is 11.3 Å². The molecule has 1 unspecified atom stereocenters. The van der Waals surface area contributed by atoms with Crippen LogP contribution in [-0.4, -0.2) is 40.6 Å². The van der Waals surface area contributed by atoms with E-state index in [-0.39, 0.29) is 5.57 Å². The second kappa shape index (κ2) is 5.92. The van der Waals surface area contributed by atoms with Crippen molar-refractivity contribution in [3.63, 3.8) is 0 Å². The first kappa shape index (κ1) is 13.3. The highest BCUT2D eigenvalue weighted by Crippen LogP contribution is 2.01. The van der Waals surface area contributed by atoms with Gasteiger partial charge in [-0.1, -0.05) is 6.58 Å². The van der Waals surface area contributed by atoms with Crippen LogP contribution in [0.4, 0.5) is 0 Å². The Kier molecular flexibility index (Phi) is 5.25. The van der Waals surface area contributed by atoms with Crippen LogP contribution in [0.2, 0.25) is 0 Å². The molecule has 1 atom stereocenters. The van der Waals surface area contributed by atoms with Crippen molar-refractivity contribution in [3.8, 4) is 0 Å². The maximum absolute atomic E-state index is 11.0. The fourth-order valence-electron chi connectivity index (χ4n) is 0.676. The third kappa shape index (κ3) is 5.58. The van der Waals surface area contributed by atoms with Crippen molar-refractivity contribution in [2.24, 2.45) is 0 Å². The fraction of sp³-hybridized carbons (Fsp3) is 0.444. The molecule has 0 amide bonds. The Morgan fingerprint density at radius 1 is 1.33 bits per heavy atom. The molecule has 0 aliphatic heterocycles. The van der Waals surface area contributed by atoms with Gasteiger partial charge in [0.15, 0.2) is 11.9 Å². The Bertz CT molecular complexity index is 293. The number of carbonyl (C=O) groups is 3. The van der Waals surface area contributed by atoms with Gasteiger partial charge < -0.3 is 14.9 Å². The first-order valence-corrected chi connectivity index (χ1v) is 4.09. The molecule has 0 aliphatic carbocycles. The predicted octanol–water partition coefficient (Wildman–Crippen LogP) is 0.0761. The average Bonchev–Trinajstić information content (AvgIpc) is 2.10. The molecule has 0 spiro atoms. The van der Waals surface area contributed by atoms with Crippen LogP contribution in [0.25, 0.3) is 0 Å². The summed E-state index contributed by atoms with van der Waals surface area (Å²) in [5.41, 5.74) is 0.231. The zero-order valence-corrected chi connectivity index (χ0v) is 8.23. The SMILES string of the molecule is C=C(C)C(=O)COC(CC(=O)O)C(=O)O. The molecular formula is C9H12O6. The minimum Gasteiger partial charge on any atom is -0.481 e. The molecule has 0 radical (unpaired) electrons. The highest BCUT2D eigenvalue weighted by atomic mass is 16.5. The molecule has 2 N–H and O–H groups in total. The van der Waals surface area contributed by atoms with Gasteiger partial charge in [0, 0.05) is 0 Å². The van der Waals surface area contributed by atoms with Gasteiger partial charge in [-0.05, 0) is 12.5 Å². The molecule has 0 fully saturated rings. The van der Waals surface area contributed by atoms with Gasteiger partial charge in [-0.2, -0.15) is 0 Å². The summed E-state index contributed by atoms with van der Waals surface area (Å²) in [5.74, 6) is -3.16. The van der Waals surface area contributed by atoms with E-state index in [0.29, 0.717) is 0 Å². The van der Waals surface area contributed by atoms with E-state index in [1.165, 1.54) is 6.92 Å². The van der Waals surface area contributed by atoms with Gasteiger partial charge in [-0.25, -0.2) is 4.79 Å². The van der Waals surface area contributed by atoms with Crippen LogP contribution < -0.4 is 0 Å². The number of hydrogen-bond acceptors (Lipinski definition) is 4. The molecule has 0 aromatic rings. The number of carboxylic acid groups (broad SMARTS) is 2. The second-order valence-corrected chi connectivity index (χ2v) is 2.94. The smallest absolute Gasteiger partial charge is 0.333 e. The lowest BCUT2D eigenvalue weighted by molar-refractivity contribution is -0.157. The Hall–Kier alpha value is -1.69. The lowest BCUT2D eigenvalue weighted by Crippen LogP contribution is -2.29. The van der Waals surface area contributed by atoms with Crippen LogP contribution in [0.15, 0.2) is 12.2 Å². The minimum atomic E-state index is -1.51. The fourth-order valence-corrected chi connectivity index (χ4v) is 0.676. The molecule has 15 heavy (non-hydrogen) atoms. The summed E-state index contributed by atoms with van der Waals surface area (Å²) in [4.78, 5) is 31.7. The molecule has 0 aliphatic rings. The summed E-state index contributed by atoms with van der Waals surface area (Å²) in [6, 6.07) is 0. The molecule has 0 saturated carbocycles. The second-order valence-electron chi connectivity index (χ2n) is 2.94. The number of Topliss-reactive ketones (excluding diaryl/α,β-unsaturated/α-hetero) is 1. The first-order chi connectivity index (χ1) is 6.84. The quantitative estimate of drug-likeness (QED) is 0.584. The van der Waals surface area contributed by atoms with E-state index >= 15 is 0 Å². The van der Waals surface area contributed by atoms with E-state index in [4.69, 9.17) is 10.2 Å². The van der Waals surface area contributed by atoms with E-state index in [0.717, 1.165) is 0 Å². The average molecular weight is 216 g/mol. The van der Waals surface area contributed by atoms with Crippen molar-refractivity contribution >= 4 is 17.7 Å². The molecule has 84 valence electrons. The maximum atomic E-state index is 11.0. The van der Waals surface area contributed by atoms with Gasteiger partial charge >= 0.3 is 11.9 Å². The Balaban J connectivity index is 4.19. The standard InChI is InChI=1S/C9H12O6/c1-5(2)6(10)4-15-7(9(13)14)3-8(11)12/h7H,1,3-4H2,2H3,(H,11,12)(H,13,14). The maximum Gasteiger partial charge on any atom is 0.333 e. The summed E-state index contributed by atoms with van der Waals surface area (Å²) >= 11 is 0. The topological polar surface area (TPSA) is 101 Å². The number of hydrogen-bond donors (Lipinski definition) is 2. The van der Waals surface area contributed by atoms with Crippen molar-refractivity contribution in [1.82, 2.24) is 0 Å². The predicted molar refractivity (Wildman–Crippen MR) is 49.4 cm³/mol. The Labute approximate surface area is 86.2 Å². The number of ketones is 1. The molecule has 0 bridgehead atoms. The van der Waals surface area contributed by atoms with Crippen LogP contribution in [0, 0.1) is 0 Å². The zero-order valence-electron chi connectivity index (χ0n) is 8.23. The summed E-state index contributed by atoms with van der Waals surface area (Å²) in [6.45, 7) is 4.33. The lowest BCUT2D eigenvalue weighted by atomic mass is 10.2. The summed E-state index contributed by atoms with van der Waals surface area (Å²) < 4.78 is 4.65. The van der Waals surface area contributed by atoms with Crippen molar-refractivity contribution in [2.45, 2.75) is 19.4 Å². The van der Waals surface area contributed by atoms with E-state index < -0.39 is 36.9 Å². The van der Waals surface area contributed by atoms with Crippen molar-refractivity contribution in [1.29, 1.82) is 0 Å². The molecule has 6 heteroatoms. The monoisotopic (exact) mass is 216 g/mol. The summed E-state index contributed by atoms with van der Waals surface area (Å²) in [6.07, 6.45) is -2.19. The minimum absolute atomic E-state index is 0.231. The first-order valence-electron chi connectivity index (χ1n) is 4.09. The Morgan fingerprint density at radius 2 is 1.87 bits per heavy atom. The normalized spacial score (nSPS) is 11.8. The number of ether oxygens (including phenoxy) is 1. The van der Waals surface area contributed by atoms with E-state index in [1.807, 2.05) is 0 Å². The van der Waals surface area contributed by atoms with Gasteiger partial charge in [-0.15, -0.1) is 0 Å². The van der Waals surface area contributed by atoms with Crippen LogP contribution in [0.3, 0.4) is 0 Å². The summed E-state index contributed by atoms with van der Waals surface area (Å²) in [5, 5.41) is 16.9. The van der Waals surface area contributed by atoms with Gasteiger partial charge in [0.05, 0.1) is 6.42 Å². The number of rotatable bonds is 7. The van der Waals surface area contributed by atoms with Gasteiger partial charge in [0.25, 0.3) is 0 Å². The van der Waals surface area contributed by atoms with Crippen molar-refractivity contribution < 1.29 is 29.3 Å². The zero-order chi connectivity index (χ0) is 12.0. The third-order valence-corrected chi connectivity index (χ3v) is 1.53. The van der Waals surface area contributed by atoms with Gasteiger partial charge in [0.1, 0.15) is 6.61 Å². The number of carbonyl (C=O) groups excluding carboxylic acids is 1. The van der Waals surface area contributed by atoms with E-state index in [1.54, 1.807) is 0 Å². The van der Waals surface area contributed by atoms with Crippen LogP contribution >= 0.6 is 0 Å². The molecule has 0 rings (SSSR count). The molecule has 6 nitrogen and oxygen atoms in total. The molecule has 0 heterocycles. The third-order valence-electron chi connectivity index (χ3n) is 1.53. The summed E-state index contributed by atoms with van der Waals surface area (Å²) in [7, 11) is 0.